The highest BCUT2D eigenvalue weighted by Crippen LogP contribution is 2.28. The van der Waals surface area contributed by atoms with Gasteiger partial charge in [-0.2, -0.15) is 15.0 Å². The summed E-state index contributed by atoms with van der Waals surface area (Å²) in [5, 5.41) is 3.35. The zero-order valence-electron chi connectivity index (χ0n) is 21.2. The van der Waals surface area contributed by atoms with Crippen molar-refractivity contribution in [1.29, 1.82) is 0 Å². The van der Waals surface area contributed by atoms with Gasteiger partial charge in [-0.1, -0.05) is 19.1 Å². The zero-order chi connectivity index (χ0) is 26.7. The lowest BCUT2D eigenvalue weighted by Crippen LogP contribution is -2.41. The van der Waals surface area contributed by atoms with Crippen LogP contribution in [0, 0.1) is 0 Å². The maximum atomic E-state index is 14.0. The molecule has 3 aromatic rings. The molecular weight excluding hydrogens is 518 g/mol. The topological polar surface area (TPSA) is 127 Å². The average molecular weight is 551 g/mol. The van der Waals surface area contributed by atoms with Crippen LogP contribution in [0.25, 0.3) is 17.0 Å². The van der Waals surface area contributed by atoms with Crippen LogP contribution in [-0.2, 0) is 14.8 Å². The van der Waals surface area contributed by atoms with Crippen LogP contribution in [0.2, 0.25) is 0 Å². The summed E-state index contributed by atoms with van der Waals surface area (Å²) in [7, 11) is -3.27. The highest BCUT2D eigenvalue weighted by molar-refractivity contribution is 7.89. The summed E-state index contributed by atoms with van der Waals surface area (Å²) in [4.78, 5) is 19.8. The molecule has 0 atom stereocenters. The van der Waals surface area contributed by atoms with Gasteiger partial charge in [-0.25, -0.2) is 26.9 Å². The van der Waals surface area contributed by atoms with Crippen molar-refractivity contribution in [3.63, 3.8) is 0 Å². The molecule has 38 heavy (non-hydrogen) atoms. The number of ether oxygens (including phenoxy) is 1. The number of morpholine rings is 1. The monoisotopic (exact) mass is 550 g/mol. The van der Waals surface area contributed by atoms with E-state index in [0.29, 0.717) is 75.4 Å². The van der Waals surface area contributed by atoms with Crippen LogP contribution >= 0.6 is 0 Å². The van der Waals surface area contributed by atoms with Gasteiger partial charge in [0.25, 0.3) is 6.43 Å². The predicted octanol–water partition coefficient (Wildman–Crippen LogP) is 3.04. The van der Waals surface area contributed by atoms with Crippen molar-refractivity contribution in [1.82, 2.24) is 29.2 Å². The fourth-order valence-electron chi connectivity index (χ4n) is 4.94. The molecule has 0 radical (unpaired) electrons. The molecule has 2 N–H and O–H groups in total. The minimum atomic E-state index is -3.27. The first-order valence-electron chi connectivity index (χ1n) is 12.9. The zero-order valence-corrected chi connectivity index (χ0v) is 22.0. The first-order chi connectivity index (χ1) is 18.3. The second-order valence-electron chi connectivity index (χ2n) is 9.58. The van der Waals surface area contributed by atoms with E-state index in [1.54, 1.807) is 24.3 Å². The van der Waals surface area contributed by atoms with Crippen LogP contribution in [0.3, 0.4) is 0 Å². The van der Waals surface area contributed by atoms with Crippen molar-refractivity contribution in [2.24, 2.45) is 0 Å². The van der Waals surface area contributed by atoms with Gasteiger partial charge in [0.1, 0.15) is 0 Å². The van der Waals surface area contributed by atoms with Crippen LogP contribution in [-0.4, -0.2) is 77.1 Å². The molecule has 11 nitrogen and oxygen atoms in total. The third kappa shape index (κ3) is 6.02. The van der Waals surface area contributed by atoms with E-state index < -0.39 is 22.3 Å². The average Bonchev–Trinajstić information content (AvgIpc) is 3.30. The third-order valence-electron chi connectivity index (χ3n) is 6.77. The number of nitrogens with one attached hydrogen (secondary N) is 2. The van der Waals surface area contributed by atoms with Crippen molar-refractivity contribution >= 4 is 33.0 Å². The number of anilines is 2. The molecule has 1 aliphatic heterocycles. The number of aromatic nitrogens is 5. The van der Waals surface area contributed by atoms with Crippen LogP contribution in [0.5, 0.6) is 0 Å². The molecule has 1 saturated carbocycles. The van der Waals surface area contributed by atoms with Gasteiger partial charge in [0.15, 0.2) is 5.82 Å². The molecule has 0 amide bonds. The number of benzene rings is 1. The molecule has 2 aliphatic rings. The van der Waals surface area contributed by atoms with Crippen LogP contribution in [0.15, 0.2) is 24.3 Å². The minimum Gasteiger partial charge on any atom is -0.378 e. The summed E-state index contributed by atoms with van der Waals surface area (Å²) in [6.07, 6.45) is 0.521. The molecule has 0 spiro atoms. The smallest absolute Gasteiger partial charge is 0.296 e. The van der Waals surface area contributed by atoms with Crippen LogP contribution in [0.1, 0.15) is 51.3 Å². The summed E-state index contributed by atoms with van der Waals surface area (Å²) in [6, 6.07) is 6.78. The molecule has 2 aromatic heterocycles. The number of alkyl halides is 2. The predicted molar refractivity (Wildman–Crippen MR) is 139 cm³/mol. The van der Waals surface area contributed by atoms with Gasteiger partial charge in [-0.05, 0) is 44.2 Å². The summed E-state index contributed by atoms with van der Waals surface area (Å²) in [5.41, 5.74) is 0.905. The number of hydrogen-bond donors (Lipinski definition) is 2. The van der Waals surface area contributed by atoms with Gasteiger partial charge in [0.2, 0.25) is 27.9 Å². The molecule has 3 heterocycles. The lowest BCUT2D eigenvalue weighted by atomic mass is 9.92. The highest BCUT2D eigenvalue weighted by Gasteiger charge is 2.27. The summed E-state index contributed by atoms with van der Waals surface area (Å²) in [5.74, 6) is 0.404. The van der Waals surface area contributed by atoms with Crippen molar-refractivity contribution in [3.8, 4) is 5.95 Å². The first kappa shape index (κ1) is 26.6. The van der Waals surface area contributed by atoms with E-state index in [0.717, 1.165) is 0 Å². The molecule has 1 saturated heterocycles. The van der Waals surface area contributed by atoms with Crippen LogP contribution in [0.4, 0.5) is 20.7 Å². The van der Waals surface area contributed by atoms with Gasteiger partial charge in [-0.15, -0.1) is 0 Å². The van der Waals surface area contributed by atoms with Gasteiger partial charge in [0.05, 0.1) is 30.0 Å². The normalized spacial score (nSPS) is 20.8. The van der Waals surface area contributed by atoms with Gasteiger partial charge in [-0.3, -0.25) is 4.57 Å². The Bertz CT molecular complexity index is 1360. The number of sulfonamides is 1. The number of halogens is 2. The lowest BCUT2D eigenvalue weighted by Gasteiger charge is -2.30. The second kappa shape index (κ2) is 11.4. The Hall–Kier alpha value is -2.97. The third-order valence-corrected chi connectivity index (χ3v) is 8.41. The highest BCUT2D eigenvalue weighted by atomic mass is 32.2. The van der Waals surface area contributed by atoms with Crippen LogP contribution < -0.4 is 14.9 Å². The van der Waals surface area contributed by atoms with Crippen molar-refractivity contribution in [2.45, 2.75) is 57.5 Å². The number of imidazole rings is 1. The molecular formula is C24H32F2N8O3S. The molecule has 1 aromatic carbocycles. The SMILES string of the molecule is CCCS(=O)(=O)N[C@H]1CC[C@H](Nc2nc(N3CCOCC3)nc(-n3c(C(F)F)nc4ccccc43)n2)CC1. The van der Waals surface area contributed by atoms with E-state index in [2.05, 4.69) is 30.0 Å². The van der Waals surface area contributed by atoms with E-state index in [4.69, 9.17) is 4.74 Å². The Morgan fingerprint density at radius 1 is 1.00 bits per heavy atom. The Morgan fingerprint density at radius 3 is 2.39 bits per heavy atom. The molecule has 0 bridgehead atoms. The molecule has 0 unspecified atom stereocenters. The van der Waals surface area contributed by atoms with Gasteiger partial charge < -0.3 is 15.0 Å². The second-order valence-corrected chi connectivity index (χ2v) is 11.5. The Morgan fingerprint density at radius 2 is 1.68 bits per heavy atom. The number of hydrogen-bond acceptors (Lipinski definition) is 9. The van der Waals surface area contributed by atoms with Crippen molar-refractivity contribution < 1.29 is 21.9 Å². The fraction of sp³-hybridized carbons (Fsp3) is 0.583. The fourth-order valence-corrected chi connectivity index (χ4v) is 6.34. The molecule has 5 rings (SSSR count). The minimum absolute atomic E-state index is 0.00354. The van der Waals surface area contributed by atoms with E-state index in [1.165, 1.54) is 4.57 Å². The maximum absolute atomic E-state index is 14.0. The number of rotatable bonds is 9. The van der Waals surface area contributed by atoms with Gasteiger partial charge in [0, 0.05) is 25.2 Å². The molecule has 2 fully saturated rings. The van der Waals surface area contributed by atoms with E-state index in [9.17, 15) is 17.2 Å². The Labute approximate surface area is 220 Å². The molecule has 206 valence electrons. The van der Waals surface area contributed by atoms with E-state index >= 15 is 0 Å². The Balaban J connectivity index is 1.43. The number of fused-ring (bicyclic) bond motifs is 1. The maximum Gasteiger partial charge on any atom is 0.296 e. The number of para-hydroxylation sites is 2. The molecule has 14 heteroatoms. The van der Waals surface area contributed by atoms with Gasteiger partial charge >= 0.3 is 0 Å². The number of nitrogens with zero attached hydrogens (tertiary/aromatic N) is 6. The van der Waals surface area contributed by atoms with Crippen molar-refractivity contribution in [2.75, 3.05) is 42.3 Å². The standard InChI is InChI=1S/C24H32F2N8O3S/c1-2-15-38(35,36)32-17-9-7-16(8-10-17)27-22-29-23(33-11-13-37-14-12-33)31-24(30-22)34-19-6-4-3-5-18(19)28-21(34)20(25)26/h3-6,16-17,20,32H,2,7-15H2,1H3,(H,27,29,30,31)/t16-,17-. The van der Waals surface area contributed by atoms with Crippen molar-refractivity contribution in [3.05, 3.63) is 30.1 Å². The summed E-state index contributed by atoms with van der Waals surface area (Å²) < 4.78 is 61.9. The largest absolute Gasteiger partial charge is 0.378 e. The Kier molecular flexibility index (Phi) is 8.00. The quantitative estimate of drug-likeness (QED) is 0.413. The molecule has 1 aliphatic carbocycles. The van der Waals surface area contributed by atoms with E-state index in [1.807, 2.05) is 11.8 Å². The van der Waals surface area contributed by atoms with E-state index in [-0.39, 0.29) is 29.7 Å². The summed E-state index contributed by atoms with van der Waals surface area (Å²) in [6.45, 7) is 4.00. The summed E-state index contributed by atoms with van der Waals surface area (Å²) >= 11 is 0. The first-order valence-corrected chi connectivity index (χ1v) is 14.6. The lowest BCUT2D eigenvalue weighted by molar-refractivity contribution is 0.122.